The van der Waals surface area contributed by atoms with Gasteiger partial charge in [-0.05, 0) is 72.1 Å². The van der Waals surface area contributed by atoms with Gasteiger partial charge in [0.1, 0.15) is 11.9 Å². The fraction of sp³-hybridized carbons (Fsp3) is 0.433. The third-order valence-electron chi connectivity index (χ3n) is 6.76. The van der Waals surface area contributed by atoms with Crippen LogP contribution in [0.15, 0.2) is 84.0 Å². The summed E-state index contributed by atoms with van der Waals surface area (Å²) in [5, 5.41) is 7.77. The van der Waals surface area contributed by atoms with Crippen LogP contribution in [0.3, 0.4) is 0 Å². The molecule has 1 aliphatic rings. The molecule has 1 saturated heterocycles. The molecule has 1 aromatic heterocycles. The molecule has 0 bridgehead atoms. The summed E-state index contributed by atoms with van der Waals surface area (Å²) in [6.45, 7) is 21.0. The Hall–Kier alpha value is -3.06. The van der Waals surface area contributed by atoms with Crippen LogP contribution in [0.5, 0.6) is 0 Å². The summed E-state index contributed by atoms with van der Waals surface area (Å²) in [5.74, 6) is 0. The molecule has 2 heterocycles. The second-order valence-corrected chi connectivity index (χ2v) is 9.92. The van der Waals surface area contributed by atoms with Crippen LogP contribution >= 0.6 is 0 Å². The van der Waals surface area contributed by atoms with Crippen molar-refractivity contribution in [2.45, 2.75) is 72.5 Å². The van der Waals surface area contributed by atoms with E-state index in [1.54, 1.807) is 19.1 Å². The SMILES string of the molecule is C=C(NC(/C=C\C)=C(/C=C(\C)C(C)F)c1ccc(C(F)F)nc1)/C(=C/C)C(=C)N(C)N1CCCC1(C)C. The van der Waals surface area contributed by atoms with Gasteiger partial charge in [-0.15, -0.1) is 0 Å². The van der Waals surface area contributed by atoms with Gasteiger partial charge in [-0.1, -0.05) is 37.5 Å². The molecule has 1 aromatic rings. The Morgan fingerprint density at radius 1 is 1.22 bits per heavy atom. The number of hydrogen-bond donors (Lipinski definition) is 1. The average molecular weight is 515 g/mol. The van der Waals surface area contributed by atoms with E-state index in [4.69, 9.17) is 0 Å². The van der Waals surface area contributed by atoms with Crippen LogP contribution in [0.1, 0.15) is 72.1 Å². The van der Waals surface area contributed by atoms with E-state index >= 15 is 0 Å². The first-order chi connectivity index (χ1) is 17.3. The number of hydrogen-bond acceptors (Lipinski definition) is 4. The highest BCUT2D eigenvalue weighted by molar-refractivity contribution is 5.79. The minimum Gasteiger partial charge on any atom is -0.355 e. The first-order valence-electron chi connectivity index (χ1n) is 12.6. The van der Waals surface area contributed by atoms with Gasteiger partial charge in [-0.2, -0.15) is 0 Å². The zero-order chi connectivity index (χ0) is 27.9. The summed E-state index contributed by atoms with van der Waals surface area (Å²) < 4.78 is 40.4. The third-order valence-corrected chi connectivity index (χ3v) is 6.76. The maximum Gasteiger partial charge on any atom is 0.280 e. The molecule has 0 aliphatic carbocycles. The van der Waals surface area contributed by atoms with Gasteiger partial charge in [0.15, 0.2) is 0 Å². The number of likely N-dealkylation sites (N-methyl/N-ethyl adjacent to an activating group) is 1. The van der Waals surface area contributed by atoms with Crippen molar-refractivity contribution in [1.82, 2.24) is 20.3 Å². The Bertz CT molecular complexity index is 1090. The number of rotatable bonds is 11. The molecule has 1 fully saturated rings. The van der Waals surface area contributed by atoms with E-state index in [9.17, 15) is 13.2 Å². The van der Waals surface area contributed by atoms with Crippen molar-refractivity contribution in [3.63, 3.8) is 0 Å². The molecule has 37 heavy (non-hydrogen) atoms. The first-order valence-corrected chi connectivity index (χ1v) is 12.6. The number of aromatic nitrogens is 1. The van der Waals surface area contributed by atoms with E-state index in [1.165, 1.54) is 19.2 Å². The molecule has 4 nitrogen and oxygen atoms in total. The Labute approximate surface area is 220 Å². The minimum atomic E-state index is -2.67. The Morgan fingerprint density at radius 3 is 2.35 bits per heavy atom. The number of nitrogens with one attached hydrogen (secondary N) is 1. The van der Waals surface area contributed by atoms with Crippen molar-refractivity contribution in [1.29, 1.82) is 0 Å². The molecular weight excluding hydrogens is 473 g/mol. The van der Waals surface area contributed by atoms with Crippen LogP contribution in [-0.4, -0.2) is 40.3 Å². The monoisotopic (exact) mass is 514 g/mol. The fourth-order valence-corrected chi connectivity index (χ4v) is 4.43. The number of allylic oxidation sites excluding steroid dienone is 6. The van der Waals surface area contributed by atoms with Crippen LogP contribution in [0, 0.1) is 0 Å². The van der Waals surface area contributed by atoms with Gasteiger partial charge in [0.05, 0.1) is 5.70 Å². The Balaban J connectivity index is 2.50. The largest absolute Gasteiger partial charge is 0.355 e. The molecule has 7 heteroatoms. The van der Waals surface area contributed by atoms with Crippen molar-refractivity contribution in [3.8, 4) is 0 Å². The number of hydrazine groups is 1. The lowest BCUT2D eigenvalue weighted by molar-refractivity contribution is -0.0196. The summed E-state index contributed by atoms with van der Waals surface area (Å²) in [4.78, 5) is 3.91. The molecule has 1 N–H and O–H groups in total. The highest BCUT2D eigenvalue weighted by atomic mass is 19.3. The molecule has 0 spiro atoms. The van der Waals surface area contributed by atoms with Crippen LogP contribution < -0.4 is 5.32 Å². The van der Waals surface area contributed by atoms with Gasteiger partial charge >= 0.3 is 0 Å². The van der Waals surface area contributed by atoms with E-state index in [0.717, 1.165) is 30.7 Å². The van der Waals surface area contributed by atoms with E-state index in [1.807, 2.05) is 39.1 Å². The van der Waals surface area contributed by atoms with E-state index in [0.29, 0.717) is 28.1 Å². The van der Waals surface area contributed by atoms with Gasteiger partial charge in [-0.25, -0.2) is 18.2 Å². The topological polar surface area (TPSA) is 31.4 Å². The third kappa shape index (κ3) is 7.48. The van der Waals surface area contributed by atoms with Crippen LogP contribution in [0.25, 0.3) is 5.57 Å². The lowest BCUT2D eigenvalue weighted by Gasteiger charge is -2.41. The van der Waals surface area contributed by atoms with Crippen LogP contribution in [0.2, 0.25) is 0 Å². The van der Waals surface area contributed by atoms with Crippen molar-refractivity contribution in [2.75, 3.05) is 13.6 Å². The van der Waals surface area contributed by atoms with Gasteiger partial charge in [0.25, 0.3) is 6.43 Å². The zero-order valence-electron chi connectivity index (χ0n) is 23.2. The summed E-state index contributed by atoms with van der Waals surface area (Å²) in [7, 11) is 2.01. The lowest BCUT2D eigenvalue weighted by Crippen LogP contribution is -2.48. The minimum absolute atomic E-state index is 0.0251. The molecule has 1 aliphatic heterocycles. The summed E-state index contributed by atoms with van der Waals surface area (Å²) >= 11 is 0. The quantitative estimate of drug-likeness (QED) is 0.304. The number of pyridine rings is 1. The molecule has 2 rings (SSSR count). The lowest BCUT2D eigenvalue weighted by atomic mass is 9.99. The zero-order valence-corrected chi connectivity index (χ0v) is 23.2. The number of halogens is 3. The predicted octanol–water partition coefficient (Wildman–Crippen LogP) is 7.90. The van der Waals surface area contributed by atoms with Gasteiger partial charge < -0.3 is 10.3 Å². The molecule has 1 atom stereocenters. The summed E-state index contributed by atoms with van der Waals surface area (Å²) in [6.07, 6.45) is 7.11. The Kier molecular flexibility index (Phi) is 10.6. The Morgan fingerprint density at radius 2 is 1.89 bits per heavy atom. The second kappa shape index (κ2) is 13.0. The molecular formula is C30H41F3N4. The van der Waals surface area contributed by atoms with Gasteiger partial charge in [0, 0.05) is 53.4 Å². The normalized spacial score (nSPS) is 18.2. The molecule has 1 unspecified atom stereocenters. The smallest absolute Gasteiger partial charge is 0.280 e. The first kappa shape index (κ1) is 30.2. The maximum absolute atomic E-state index is 14.1. The molecule has 0 aromatic carbocycles. The van der Waals surface area contributed by atoms with Crippen molar-refractivity contribution >= 4 is 5.57 Å². The highest BCUT2D eigenvalue weighted by Gasteiger charge is 2.35. The number of alkyl halides is 3. The van der Waals surface area contributed by atoms with Crippen molar-refractivity contribution in [3.05, 3.63) is 95.3 Å². The molecule has 0 saturated carbocycles. The van der Waals surface area contributed by atoms with Crippen molar-refractivity contribution in [2.24, 2.45) is 0 Å². The van der Waals surface area contributed by atoms with E-state index < -0.39 is 12.6 Å². The van der Waals surface area contributed by atoms with E-state index in [-0.39, 0.29) is 11.2 Å². The predicted molar refractivity (Wildman–Crippen MR) is 148 cm³/mol. The molecule has 0 radical (unpaired) electrons. The second-order valence-electron chi connectivity index (χ2n) is 9.92. The molecule has 0 amide bonds. The van der Waals surface area contributed by atoms with Crippen LogP contribution in [-0.2, 0) is 0 Å². The molecule has 202 valence electrons. The van der Waals surface area contributed by atoms with Gasteiger partial charge in [-0.3, -0.25) is 4.98 Å². The summed E-state index contributed by atoms with van der Waals surface area (Å²) in [6, 6.07) is 2.86. The maximum atomic E-state index is 14.1. The summed E-state index contributed by atoms with van der Waals surface area (Å²) in [5.41, 5.74) is 4.27. The van der Waals surface area contributed by atoms with Crippen LogP contribution in [0.4, 0.5) is 13.2 Å². The standard InChI is InChI=1S/C30H41F3N4/c1-10-13-27(26(18-20(3)21(4)31)24-14-15-28(29(32)33)34-19-24)35-22(5)25(11-2)23(6)36(9)37-17-12-16-30(37,7)8/h10-11,13-15,18-19,21,29,35H,5-6,12,16-17H2,1-4,7-9H3/b13-10-,20-18+,25-11-,27-26-. The van der Waals surface area contributed by atoms with E-state index in [2.05, 4.69) is 47.3 Å². The fourth-order valence-electron chi connectivity index (χ4n) is 4.43. The average Bonchev–Trinajstić information content (AvgIpc) is 3.20. The highest BCUT2D eigenvalue weighted by Crippen LogP contribution is 2.33. The number of nitrogens with zero attached hydrogens (tertiary/aromatic N) is 3. The van der Waals surface area contributed by atoms with Crippen molar-refractivity contribution < 1.29 is 13.2 Å². The van der Waals surface area contributed by atoms with Gasteiger partial charge in [0.2, 0.25) is 0 Å².